The number of thioether (sulfide) groups is 2. The lowest BCUT2D eigenvalue weighted by atomic mass is 10.0. The molecule has 0 aliphatic rings. The lowest BCUT2D eigenvalue weighted by molar-refractivity contribution is -0.137. The number of alkyl halides is 3. The Balaban J connectivity index is 1.96. The van der Waals surface area contributed by atoms with Crippen LogP contribution in [-0.4, -0.2) is 39.9 Å². The Morgan fingerprint density at radius 3 is 1.97 bits per heavy atom. The van der Waals surface area contributed by atoms with Crippen LogP contribution in [0.15, 0.2) is 18.2 Å². The molecular weight excluding hydrogens is 493 g/mol. The second-order valence-electron chi connectivity index (χ2n) is 8.02. The highest BCUT2D eigenvalue weighted by Gasteiger charge is 2.33. The Morgan fingerprint density at radius 1 is 0.848 bits per heavy atom. The molecule has 1 aromatic carbocycles. The molecule has 3 nitrogen and oxygen atoms in total. The molecule has 0 unspecified atom stereocenters. The van der Waals surface area contributed by atoms with Crippen LogP contribution in [0.5, 0.6) is 0 Å². The van der Waals surface area contributed by atoms with Crippen molar-refractivity contribution in [3.8, 4) is 0 Å². The van der Waals surface area contributed by atoms with E-state index in [0.717, 1.165) is 42.6 Å². The minimum Gasteiger partial charge on any atom is -0.481 e. The predicted molar refractivity (Wildman–Crippen MR) is 134 cm³/mol. The second kappa shape index (κ2) is 17.6. The average molecular weight is 527 g/mol. The summed E-state index contributed by atoms with van der Waals surface area (Å²) in [5.74, 6) is 2.45. The molecule has 0 bridgehead atoms. The minimum absolute atomic E-state index is 0.00850. The fourth-order valence-electron chi connectivity index (χ4n) is 3.30. The van der Waals surface area contributed by atoms with Gasteiger partial charge < -0.3 is 5.11 Å². The van der Waals surface area contributed by atoms with Gasteiger partial charge in [-0.25, -0.2) is 0 Å². The van der Waals surface area contributed by atoms with Crippen molar-refractivity contribution in [2.75, 3.05) is 23.0 Å². The Kier molecular flexibility index (Phi) is 16.1. The van der Waals surface area contributed by atoms with Crippen molar-refractivity contribution in [3.05, 3.63) is 34.3 Å². The summed E-state index contributed by atoms with van der Waals surface area (Å²) < 4.78 is 38.7. The summed E-state index contributed by atoms with van der Waals surface area (Å²) >= 11 is 8.99. The molecule has 188 valence electrons. The van der Waals surface area contributed by atoms with Crippen LogP contribution in [0.2, 0.25) is 5.02 Å². The van der Waals surface area contributed by atoms with E-state index in [1.54, 1.807) is 0 Å². The number of carbonyl (C=O) groups is 2. The number of hydrogen-bond donors (Lipinski definition) is 1. The molecule has 0 atom stereocenters. The number of unbranched alkanes of at least 4 members (excludes halogenated alkanes) is 7. The van der Waals surface area contributed by atoms with Gasteiger partial charge in [0.15, 0.2) is 0 Å². The highest BCUT2D eigenvalue weighted by atomic mass is 35.5. The van der Waals surface area contributed by atoms with E-state index in [2.05, 4.69) is 0 Å². The largest absolute Gasteiger partial charge is 0.481 e. The van der Waals surface area contributed by atoms with Gasteiger partial charge >= 0.3 is 12.1 Å². The molecule has 0 radical (unpaired) electrons. The second-order valence-corrected chi connectivity index (χ2v) is 10.8. The van der Waals surface area contributed by atoms with Gasteiger partial charge in [-0.1, -0.05) is 49.8 Å². The zero-order valence-electron chi connectivity index (χ0n) is 18.9. The van der Waals surface area contributed by atoms with Crippen molar-refractivity contribution in [2.24, 2.45) is 0 Å². The third kappa shape index (κ3) is 15.6. The molecule has 0 saturated heterocycles. The van der Waals surface area contributed by atoms with E-state index in [1.165, 1.54) is 62.4 Å². The Hall–Kier alpha value is -0.860. The summed E-state index contributed by atoms with van der Waals surface area (Å²) in [5.41, 5.74) is -0.541. The normalized spacial score (nSPS) is 11.6. The number of rotatable bonds is 19. The number of ketones is 1. The number of halogens is 4. The SMILES string of the molecule is O=C(O)CSCCCCCCCCCSCCCCC(=O)Cc1ccc(Cl)c(C(F)(F)F)c1. The van der Waals surface area contributed by atoms with Crippen LogP contribution < -0.4 is 0 Å². The van der Waals surface area contributed by atoms with Crippen LogP contribution in [-0.2, 0) is 22.2 Å². The molecule has 0 spiro atoms. The minimum atomic E-state index is -4.52. The number of aliphatic carboxylic acids is 1. The van der Waals surface area contributed by atoms with Crippen LogP contribution in [0.25, 0.3) is 0 Å². The van der Waals surface area contributed by atoms with Crippen LogP contribution in [0.1, 0.15) is 75.3 Å². The molecule has 1 aromatic rings. The van der Waals surface area contributed by atoms with Crippen molar-refractivity contribution < 1.29 is 27.9 Å². The van der Waals surface area contributed by atoms with Gasteiger partial charge in [0.1, 0.15) is 5.78 Å². The first kappa shape index (κ1) is 30.2. The number of carbonyl (C=O) groups excluding carboxylic acids is 1. The van der Waals surface area contributed by atoms with Crippen molar-refractivity contribution in [2.45, 2.75) is 76.8 Å². The third-order valence-corrected chi connectivity index (χ3v) is 7.55. The van der Waals surface area contributed by atoms with Crippen molar-refractivity contribution in [3.63, 3.8) is 0 Å². The van der Waals surface area contributed by atoms with E-state index in [4.69, 9.17) is 16.7 Å². The monoisotopic (exact) mass is 526 g/mol. The van der Waals surface area contributed by atoms with E-state index >= 15 is 0 Å². The molecule has 0 fully saturated rings. The van der Waals surface area contributed by atoms with Crippen LogP contribution in [0.3, 0.4) is 0 Å². The average Bonchev–Trinajstić information content (AvgIpc) is 2.73. The van der Waals surface area contributed by atoms with Gasteiger partial charge in [-0.05, 0) is 60.6 Å². The zero-order valence-corrected chi connectivity index (χ0v) is 21.3. The van der Waals surface area contributed by atoms with E-state index in [-0.39, 0.29) is 23.0 Å². The van der Waals surface area contributed by atoms with Gasteiger partial charge in [0.2, 0.25) is 0 Å². The maximum atomic E-state index is 12.9. The number of carboxylic acid groups (broad SMARTS) is 1. The summed E-state index contributed by atoms with van der Waals surface area (Å²) in [6.07, 6.45) is 5.92. The highest BCUT2D eigenvalue weighted by molar-refractivity contribution is 7.99. The third-order valence-electron chi connectivity index (χ3n) is 5.03. The van der Waals surface area contributed by atoms with Gasteiger partial charge in [0, 0.05) is 12.8 Å². The van der Waals surface area contributed by atoms with Crippen molar-refractivity contribution in [1.29, 1.82) is 0 Å². The van der Waals surface area contributed by atoms with Crippen LogP contribution in [0, 0.1) is 0 Å². The van der Waals surface area contributed by atoms with Crippen molar-refractivity contribution >= 4 is 46.9 Å². The van der Waals surface area contributed by atoms with Gasteiger partial charge in [-0.3, -0.25) is 9.59 Å². The molecular formula is C24H34ClF3O3S2. The number of Topliss-reactive ketones (excluding diaryl/α,β-unsaturated/α-hetero) is 1. The van der Waals surface area contributed by atoms with E-state index in [1.807, 2.05) is 11.8 Å². The Morgan fingerprint density at radius 2 is 1.39 bits per heavy atom. The first-order valence-corrected chi connectivity index (χ1v) is 14.1. The molecule has 1 N–H and O–H groups in total. The molecule has 0 aliphatic heterocycles. The van der Waals surface area contributed by atoms with E-state index in [0.29, 0.717) is 12.0 Å². The van der Waals surface area contributed by atoms with E-state index < -0.39 is 17.7 Å². The number of benzene rings is 1. The molecule has 1 rings (SSSR count). The first-order valence-electron chi connectivity index (χ1n) is 11.4. The highest BCUT2D eigenvalue weighted by Crippen LogP contribution is 2.35. The van der Waals surface area contributed by atoms with Crippen LogP contribution in [0.4, 0.5) is 13.2 Å². The summed E-state index contributed by atoms with van der Waals surface area (Å²) in [4.78, 5) is 22.5. The zero-order chi connectivity index (χ0) is 24.5. The molecule has 0 heterocycles. The first-order chi connectivity index (χ1) is 15.7. The maximum Gasteiger partial charge on any atom is 0.417 e. The van der Waals surface area contributed by atoms with Gasteiger partial charge in [-0.2, -0.15) is 36.7 Å². The fourth-order valence-corrected chi connectivity index (χ4v) is 5.27. The number of carboxylic acids is 1. The van der Waals surface area contributed by atoms with Crippen molar-refractivity contribution in [1.82, 2.24) is 0 Å². The standard InChI is InChI=1S/C24H34ClF3O3S2/c25-22-12-11-19(17-21(22)24(26,27)28)16-20(29)10-6-9-14-32-13-7-4-2-1-3-5-8-15-33-18-23(30)31/h11-12,17H,1-10,13-16,18H2,(H,30,31). The predicted octanol–water partition coefficient (Wildman–Crippen LogP) is 7.92. The quantitative estimate of drug-likeness (QED) is 0.185. The van der Waals surface area contributed by atoms with Crippen LogP contribution >= 0.6 is 35.1 Å². The maximum absolute atomic E-state index is 12.9. The van der Waals surface area contributed by atoms with E-state index in [9.17, 15) is 22.8 Å². The van der Waals surface area contributed by atoms with Gasteiger partial charge in [0.25, 0.3) is 0 Å². The molecule has 0 saturated carbocycles. The molecule has 0 aliphatic carbocycles. The van der Waals surface area contributed by atoms with Gasteiger partial charge in [0.05, 0.1) is 16.3 Å². The lowest BCUT2D eigenvalue weighted by Crippen LogP contribution is -2.08. The van der Waals surface area contributed by atoms with Gasteiger partial charge in [-0.15, -0.1) is 0 Å². The fraction of sp³-hybridized carbons (Fsp3) is 0.667. The topological polar surface area (TPSA) is 54.4 Å². The molecule has 9 heteroatoms. The lowest BCUT2D eigenvalue weighted by Gasteiger charge is -2.10. The summed E-state index contributed by atoms with van der Waals surface area (Å²) in [7, 11) is 0. The smallest absolute Gasteiger partial charge is 0.417 e. The molecule has 0 aromatic heterocycles. The molecule has 0 amide bonds. The Labute approximate surface area is 208 Å². The summed E-state index contributed by atoms with van der Waals surface area (Å²) in [5, 5.41) is 8.21. The number of hydrogen-bond acceptors (Lipinski definition) is 4. The summed E-state index contributed by atoms with van der Waals surface area (Å²) in [6, 6.07) is 3.65. The molecule has 33 heavy (non-hydrogen) atoms. The Bertz CT molecular complexity index is 715. The summed E-state index contributed by atoms with van der Waals surface area (Å²) in [6.45, 7) is 0.